The van der Waals surface area contributed by atoms with Crippen molar-refractivity contribution in [3.05, 3.63) is 52.8 Å². The number of benzene rings is 1. The molecule has 0 spiro atoms. The summed E-state index contributed by atoms with van der Waals surface area (Å²) in [6.45, 7) is 6.18. The maximum Gasteiger partial charge on any atom is 0.148 e. The fraction of sp³-hybridized carbons (Fsp3) is 0.312. The van der Waals surface area contributed by atoms with Gasteiger partial charge in [0.1, 0.15) is 11.5 Å². The van der Waals surface area contributed by atoms with Gasteiger partial charge in [-0.25, -0.2) is 0 Å². The van der Waals surface area contributed by atoms with E-state index in [2.05, 4.69) is 46.9 Å². The molecule has 2 nitrogen and oxygen atoms in total. The van der Waals surface area contributed by atoms with Gasteiger partial charge in [-0.15, -0.1) is 0 Å². The summed E-state index contributed by atoms with van der Waals surface area (Å²) < 4.78 is 5.96. The summed E-state index contributed by atoms with van der Waals surface area (Å²) in [7, 11) is 0. The van der Waals surface area contributed by atoms with Crippen LogP contribution in [0.4, 0.5) is 0 Å². The Morgan fingerprint density at radius 1 is 1.16 bits per heavy atom. The minimum atomic E-state index is 0.846. The lowest BCUT2D eigenvalue weighted by atomic mass is 10.1. The van der Waals surface area contributed by atoms with E-state index in [-0.39, 0.29) is 0 Å². The van der Waals surface area contributed by atoms with Gasteiger partial charge in [-0.1, -0.05) is 28.9 Å². The van der Waals surface area contributed by atoms with E-state index in [4.69, 9.17) is 4.74 Å². The van der Waals surface area contributed by atoms with E-state index >= 15 is 0 Å². The highest BCUT2D eigenvalue weighted by Gasteiger charge is 2.06. The lowest BCUT2D eigenvalue weighted by molar-refractivity contribution is 0.472. The Labute approximate surface area is 123 Å². The minimum absolute atomic E-state index is 0.846. The van der Waals surface area contributed by atoms with Gasteiger partial charge in [0.2, 0.25) is 0 Å². The molecular weight excluding hydrogens is 302 g/mol. The summed E-state index contributed by atoms with van der Waals surface area (Å²) in [5, 5.41) is 0.866. The molecule has 0 bridgehead atoms. The second kappa shape index (κ2) is 6.20. The Kier molecular flexibility index (Phi) is 4.59. The summed E-state index contributed by atoms with van der Waals surface area (Å²) >= 11 is 3.48. The zero-order valence-electron chi connectivity index (χ0n) is 11.5. The third kappa shape index (κ3) is 3.35. The summed E-state index contributed by atoms with van der Waals surface area (Å²) in [4.78, 5) is 4.51. The van der Waals surface area contributed by atoms with Gasteiger partial charge in [-0.05, 0) is 55.7 Å². The lowest BCUT2D eigenvalue weighted by Crippen LogP contribution is -1.96. The van der Waals surface area contributed by atoms with Gasteiger partial charge >= 0.3 is 0 Å². The number of aromatic nitrogens is 1. The van der Waals surface area contributed by atoms with Gasteiger partial charge in [-0.2, -0.15) is 0 Å². The highest BCUT2D eigenvalue weighted by atomic mass is 79.9. The maximum atomic E-state index is 5.96. The van der Waals surface area contributed by atoms with Crippen LogP contribution in [0.2, 0.25) is 0 Å². The number of ether oxygens (including phenoxy) is 1. The third-order valence-corrected chi connectivity index (χ3v) is 3.70. The molecule has 0 amide bonds. The summed E-state index contributed by atoms with van der Waals surface area (Å²) in [6.07, 6.45) is 0.871. The van der Waals surface area contributed by atoms with Crippen LogP contribution in [0, 0.1) is 13.8 Å². The zero-order valence-corrected chi connectivity index (χ0v) is 13.1. The monoisotopic (exact) mass is 319 g/mol. The van der Waals surface area contributed by atoms with E-state index < -0.39 is 0 Å². The highest BCUT2D eigenvalue weighted by Crippen LogP contribution is 2.27. The molecule has 0 radical (unpaired) electrons. The summed E-state index contributed by atoms with van der Waals surface area (Å²) in [6, 6.07) is 10.1. The van der Waals surface area contributed by atoms with Gasteiger partial charge < -0.3 is 4.74 Å². The van der Waals surface area contributed by atoms with Crippen molar-refractivity contribution in [3.8, 4) is 11.5 Å². The summed E-state index contributed by atoms with van der Waals surface area (Å²) in [5.41, 5.74) is 4.54. The molecule has 2 rings (SSSR count). The lowest BCUT2D eigenvalue weighted by Gasteiger charge is -2.11. The molecular formula is C16H18BrNO. The average Bonchev–Trinajstić information content (AvgIpc) is 2.41. The van der Waals surface area contributed by atoms with E-state index in [1.54, 1.807) is 0 Å². The minimum Gasteiger partial charge on any atom is -0.455 e. The fourth-order valence-corrected chi connectivity index (χ4v) is 2.58. The second-order valence-corrected chi connectivity index (χ2v) is 5.14. The number of halogens is 1. The topological polar surface area (TPSA) is 22.1 Å². The van der Waals surface area contributed by atoms with Crippen molar-refractivity contribution in [3.63, 3.8) is 0 Å². The average molecular weight is 320 g/mol. The van der Waals surface area contributed by atoms with Crippen LogP contribution < -0.4 is 4.74 Å². The molecule has 0 aliphatic heterocycles. The molecule has 0 saturated heterocycles. The number of rotatable bonds is 4. The molecule has 2 aromatic rings. The molecule has 0 unspecified atom stereocenters. The Balaban J connectivity index is 2.28. The molecule has 0 saturated carbocycles. The van der Waals surface area contributed by atoms with E-state index in [1.165, 1.54) is 11.1 Å². The third-order valence-electron chi connectivity index (χ3n) is 3.09. The first-order valence-corrected chi connectivity index (χ1v) is 7.56. The maximum absolute atomic E-state index is 5.96. The van der Waals surface area contributed by atoms with Crippen LogP contribution in [-0.4, -0.2) is 4.98 Å². The van der Waals surface area contributed by atoms with Crippen LogP contribution in [0.15, 0.2) is 30.3 Å². The van der Waals surface area contributed by atoms with Crippen molar-refractivity contribution in [1.29, 1.82) is 0 Å². The number of aryl methyl sites for hydroxylation is 3. The van der Waals surface area contributed by atoms with Crippen molar-refractivity contribution in [2.45, 2.75) is 32.5 Å². The first kappa shape index (κ1) is 14.1. The number of nitrogens with zero attached hydrogens (tertiary/aromatic N) is 1. The van der Waals surface area contributed by atoms with Crippen LogP contribution in [-0.2, 0) is 11.8 Å². The van der Waals surface area contributed by atoms with Crippen molar-refractivity contribution in [2.75, 3.05) is 0 Å². The van der Waals surface area contributed by atoms with E-state index in [9.17, 15) is 0 Å². The number of hydrogen-bond donors (Lipinski definition) is 0. The number of pyridine rings is 1. The standard InChI is InChI=1S/C16H18BrNO/c1-4-15-16(8-5-12(3)18-15)19-14-7-6-13(10-17)11(2)9-14/h5-9H,4,10H2,1-3H3. The normalized spacial score (nSPS) is 10.5. The molecule has 19 heavy (non-hydrogen) atoms. The van der Waals surface area contributed by atoms with Crippen LogP contribution >= 0.6 is 15.9 Å². The molecule has 0 atom stereocenters. The van der Waals surface area contributed by atoms with E-state index in [0.29, 0.717) is 0 Å². The fourth-order valence-electron chi connectivity index (χ4n) is 1.95. The van der Waals surface area contributed by atoms with Gasteiger partial charge in [-0.3, -0.25) is 4.98 Å². The van der Waals surface area contributed by atoms with Crippen molar-refractivity contribution < 1.29 is 4.74 Å². The zero-order chi connectivity index (χ0) is 13.8. The van der Waals surface area contributed by atoms with Crippen LogP contribution in [0.1, 0.15) is 29.4 Å². The van der Waals surface area contributed by atoms with Gasteiger partial charge in [0.05, 0.1) is 5.69 Å². The van der Waals surface area contributed by atoms with Crippen LogP contribution in [0.5, 0.6) is 11.5 Å². The quantitative estimate of drug-likeness (QED) is 0.744. The second-order valence-electron chi connectivity index (χ2n) is 4.57. The van der Waals surface area contributed by atoms with Crippen LogP contribution in [0.25, 0.3) is 0 Å². The van der Waals surface area contributed by atoms with E-state index in [1.807, 2.05) is 25.1 Å². The van der Waals surface area contributed by atoms with Crippen molar-refractivity contribution in [1.82, 2.24) is 4.98 Å². The Bertz CT molecular complexity index is 581. The molecule has 0 aliphatic rings. The predicted molar refractivity (Wildman–Crippen MR) is 82.2 cm³/mol. The molecule has 100 valence electrons. The Hall–Kier alpha value is -1.35. The molecule has 0 fully saturated rings. The van der Waals surface area contributed by atoms with Crippen LogP contribution in [0.3, 0.4) is 0 Å². The molecule has 1 heterocycles. The Morgan fingerprint density at radius 3 is 2.58 bits per heavy atom. The number of alkyl halides is 1. The molecule has 1 aromatic carbocycles. The SMILES string of the molecule is CCc1nc(C)ccc1Oc1ccc(CBr)c(C)c1. The molecule has 0 N–H and O–H groups in total. The van der Waals surface area contributed by atoms with Gasteiger partial charge in [0.15, 0.2) is 0 Å². The van der Waals surface area contributed by atoms with Gasteiger partial charge in [0, 0.05) is 11.0 Å². The summed E-state index contributed by atoms with van der Waals surface area (Å²) in [5.74, 6) is 1.71. The highest BCUT2D eigenvalue weighted by molar-refractivity contribution is 9.08. The molecule has 0 aliphatic carbocycles. The first-order chi connectivity index (χ1) is 9.13. The molecule has 1 aromatic heterocycles. The Morgan fingerprint density at radius 2 is 1.95 bits per heavy atom. The van der Waals surface area contributed by atoms with Crippen molar-refractivity contribution >= 4 is 15.9 Å². The molecule has 3 heteroatoms. The van der Waals surface area contributed by atoms with Gasteiger partial charge in [0.25, 0.3) is 0 Å². The van der Waals surface area contributed by atoms with Crippen molar-refractivity contribution in [2.24, 2.45) is 0 Å². The first-order valence-electron chi connectivity index (χ1n) is 6.44. The smallest absolute Gasteiger partial charge is 0.148 e. The van der Waals surface area contributed by atoms with E-state index in [0.717, 1.165) is 34.6 Å². The predicted octanol–water partition coefficient (Wildman–Crippen LogP) is 4.95. The largest absolute Gasteiger partial charge is 0.455 e. The number of hydrogen-bond acceptors (Lipinski definition) is 2.